The van der Waals surface area contributed by atoms with E-state index in [2.05, 4.69) is 16.8 Å². The molecule has 104 valence electrons. The zero-order valence-electron chi connectivity index (χ0n) is 10.7. The lowest BCUT2D eigenvalue weighted by molar-refractivity contribution is 0.109. The number of amides is 2. The fraction of sp³-hybridized carbons (Fsp3) is 0.545. The molecule has 0 spiro atoms. The van der Waals surface area contributed by atoms with Crippen molar-refractivity contribution in [2.24, 2.45) is 0 Å². The Balaban J connectivity index is 2.16. The van der Waals surface area contributed by atoms with Crippen molar-refractivity contribution in [2.45, 2.75) is 19.1 Å². The predicted molar refractivity (Wildman–Crippen MR) is 71.3 cm³/mol. The molecule has 19 heavy (non-hydrogen) atoms. The molecule has 1 aliphatic rings. The highest BCUT2D eigenvalue weighted by atomic mass is 32.1. The summed E-state index contributed by atoms with van der Waals surface area (Å²) < 4.78 is 4.95. The van der Waals surface area contributed by atoms with E-state index < -0.39 is 6.23 Å². The van der Waals surface area contributed by atoms with Crippen molar-refractivity contribution in [3.8, 4) is 5.19 Å². The molecule has 0 radical (unpaired) electrons. The molecule has 2 amide bonds. The van der Waals surface area contributed by atoms with Crippen molar-refractivity contribution in [1.29, 1.82) is 0 Å². The van der Waals surface area contributed by atoms with Crippen LogP contribution >= 0.6 is 11.3 Å². The van der Waals surface area contributed by atoms with Crippen molar-refractivity contribution in [2.75, 3.05) is 25.1 Å². The Labute approximate surface area is 115 Å². The molecule has 1 saturated heterocycles. The van der Waals surface area contributed by atoms with Crippen LogP contribution in [0.3, 0.4) is 0 Å². The van der Waals surface area contributed by atoms with Crippen LogP contribution in [0.25, 0.3) is 0 Å². The lowest BCUT2D eigenvalue weighted by Crippen LogP contribution is -2.54. The molecule has 1 unspecified atom stereocenters. The summed E-state index contributed by atoms with van der Waals surface area (Å²) in [5, 5.41) is 18.3. The molecule has 0 saturated carbocycles. The average molecular weight is 284 g/mol. The van der Waals surface area contributed by atoms with E-state index in [1.807, 2.05) is 0 Å². The van der Waals surface area contributed by atoms with Gasteiger partial charge in [0.25, 0.3) is 5.19 Å². The fourth-order valence-electron chi connectivity index (χ4n) is 1.82. The van der Waals surface area contributed by atoms with E-state index in [1.165, 1.54) is 12.0 Å². The van der Waals surface area contributed by atoms with Gasteiger partial charge in [0.2, 0.25) is 5.13 Å². The average Bonchev–Trinajstić information content (AvgIpc) is 2.87. The lowest BCUT2D eigenvalue weighted by atomic mass is 10.2. The van der Waals surface area contributed by atoms with Crippen LogP contribution in [0.1, 0.15) is 12.8 Å². The Morgan fingerprint density at radius 1 is 1.63 bits per heavy atom. The SMILES string of the molecule is C=CCCN1CCC(O)N(c2nnc(OC)s2)C1=O. The van der Waals surface area contributed by atoms with Crippen molar-refractivity contribution < 1.29 is 14.6 Å². The summed E-state index contributed by atoms with van der Waals surface area (Å²) in [6.45, 7) is 4.75. The summed E-state index contributed by atoms with van der Waals surface area (Å²) in [6.07, 6.45) is 2.08. The van der Waals surface area contributed by atoms with Gasteiger partial charge in [0, 0.05) is 19.5 Å². The highest BCUT2D eigenvalue weighted by Crippen LogP contribution is 2.30. The van der Waals surface area contributed by atoms with Gasteiger partial charge in [0.15, 0.2) is 0 Å². The van der Waals surface area contributed by atoms with Crippen molar-refractivity contribution >= 4 is 22.5 Å². The van der Waals surface area contributed by atoms with Gasteiger partial charge in [-0.3, -0.25) is 0 Å². The standard InChI is InChI=1S/C11H16N4O3S/c1-3-4-6-14-7-5-8(16)15(11(14)17)9-12-13-10(18-2)19-9/h3,8,16H,1,4-7H2,2H3. The summed E-state index contributed by atoms with van der Waals surface area (Å²) in [4.78, 5) is 15.2. The number of carbonyl (C=O) groups excluding carboxylic acids is 1. The molecule has 0 aromatic carbocycles. The van der Waals surface area contributed by atoms with E-state index in [0.717, 1.165) is 17.8 Å². The molecule has 2 heterocycles. The molecule has 0 aliphatic carbocycles. The van der Waals surface area contributed by atoms with Gasteiger partial charge in [-0.15, -0.1) is 11.7 Å². The molecule has 1 N–H and O–H groups in total. The summed E-state index contributed by atoms with van der Waals surface area (Å²) in [6, 6.07) is -0.264. The number of urea groups is 1. The monoisotopic (exact) mass is 284 g/mol. The third kappa shape index (κ3) is 2.85. The van der Waals surface area contributed by atoms with Crippen LogP contribution in [0.2, 0.25) is 0 Å². The van der Waals surface area contributed by atoms with Gasteiger partial charge < -0.3 is 14.7 Å². The summed E-state index contributed by atoms with van der Waals surface area (Å²) >= 11 is 1.13. The Morgan fingerprint density at radius 2 is 2.42 bits per heavy atom. The number of methoxy groups -OCH3 is 1. The molecular formula is C11H16N4O3S. The van der Waals surface area contributed by atoms with Gasteiger partial charge >= 0.3 is 6.03 Å². The Kier molecular flexibility index (Phi) is 4.33. The maximum absolute atomic E-state index is 12.3. The highest BCUT2D eigenvalue weighted by molar-refractivity contribution is 7.17. The zero-order chi connectivity index (χ0) is 13.8. The summed E-state index contributed by atoms with van der Waals surface area (Å²) in [7, 11) is 1.48. The third-order valence-electron chi connectivity index (χ3n) is 2.81. The van der Waals surface area contributed by atoms with E-state index >= 15 is 0 Å². The molecule has 1 atom stereocenters. The second-order valence-electron chi connectivity index (χ2n) is 4.04. The molecule has 1 aromatic heterocycles. The second kappa shape index (κ2) is 5.98. The Morgan fingerprint density at radius 3 is 3.05 bits per heavy atom. The molecule has 0 bridgehead atoms. The van der Waals surface area contributed by atoms with Gasteiger partial charge in [-0.1, -0.05) is 11.2 Å². The van der Waals surface area contributed by atoms with Gasteiger partial charge in [-0.25, -0.2) is 9.69 Å². The Bertz CT molecular complexity index is 465. The minimum atomic E-state index is -0.870. The summed E-state index contributed by atoms with van der Waals surface area (Å²) in [5.41, 5.74) is 0. The largest absolute Gasteiger partial charge is 0.472 e. The lowest BCUT2D eigenvalue weighted by Gasteiger charge is -2.37. The molecule has 1 fully saturated rings. The molecule has 1 aliphatic heterocycles. The van der Waals surface area contributed by atoms with Crippen molar-refractivity contribution in [1.82, 2.24) is 15.1 Å². The van der Waals surface area contributed by atoms with Gasteiger partial charge in [-0.2, -0.15) is 0 Å². The smallest absolute Gasteiger partial charge is 0.328 e. The number of aromatic nitrogens is 2. The number of carbonyl (C=O) groups is 1. The van der Waals surface area contributed by atoms with Gasteiger partial charge in [0.05, 0.1) is 7.11 Å². The number of aliphatic hydroxyl groups is 1. The van der Waals surface area contributed by atoms with Crippen LogP contribution in [-0.2, 0) is 0 Å². The highest BCUT2D eigenvalue weighted by Gasteiger charge is 2.35. The van der Waals surface area contributed by atoms with Crippen LogP contribution in [0.4, 0.5) is 9.93 Å². The van der Waals surface area contributed by atoms with E-state index in [0.29, 0.717) is 29.8 Å². The molecule has 7 nitrogen and oxygen atoms in total. The molecule has 2 rings (SSSR count). The number of hydrogen-bond acceptors (Lipinski definition) is 6. The molecular weight excluding hydrogens is 268 g/mol. The first-order valence-corrected chi connectivity index (χ1v) is 6.73. The topological polar surface area (TPSA) is 78.8 Å². The van der Waals surface area contributed by atoms with Crippen molar-refractivity contribution in [3.63, 3.8) is 0 Å². The van der Waals surface area contributed by atoms with Crippen LogP contribution in [0.5, 0.6) is 5.19 Å². The zero-order valence-corrected chi connectivity index (χ0v) is 11.5. The van der Waals surface area contributed by atoms with E-state index in [-0.39, 0.29) is 6.03 Å². The number of nitrogens with zero attached hydrogens (tertiary/aromatic N) is 4. The number of ether oxygens (including phenoxy) is 1. The predicted octanol–water partition coefficient (Wildman–Crippen LogP) is 1.07. The number of hydrogen-bond donors (Lipinski definition) is 1. The maximum atomic E-state index is 12.3. The van der Waals surface area contributed by atoms with Crippen molar-refractivity contribution in [3.05, 3.63) is 12.7 Å². The number of anilines is 1. The van der Waals surface area contributed by atoms with Crippen LogP contribution < -0.4 is 9.64 Å². The maximum Gasteiger partial charge on any atom is 0.328 e. The van der Waals surface area contributed by atoms with Crippen LogP contribution in [-0.4, -0.2) is 52.7 Å². The van der Waals surface area contributed by atoms with E-state index in [4.69, 9.17) is 4.74 Å². The quantitative estimate of drug-likeness (QED) is 0.818. The molecule has 1 aromatic rings. The van der Waals surface area contributed by atoms with Gasteiger partial charge in [-0.05, 0) is 17.8 Å². The molecule has 8 heteroatoms. The van der Waals surface area contributed by atoms with Crippen LogP contribution in [0, 0.1) is 0 Å². The van der Waals surface area contributed by atoms with Crippen LogP contribution in [0.15, 0.2) is 12.7 Å². The fourth-order valence-corrected chi connectivity index (χ4v) is 2.52. The first-order chi connectivity index (χ1) is 9.17. The minimum absolute atomic E-state index is 0.264. The number of aliphatic hydroxyl groups excluding tert-OH is 1. The number of rotatable bonds is 5. The van der Waals surface area contributed by atoms with E-state index in [9.17, 15) is 9.90 Å². The first-order valence-electron chi connectivity index (χ1n) is 5.92. The summed E-state index contributed by atoms with van der Waals surface area (Å²) in [5.74, 6) is 0. The first kappa shape index (κ1) is 13.8. The third-order valence-corrected chi connectivity index (χ3v) is 3.70. The second-order valence-corrected chi connectivity index (χ2v) is 4.96. The minimum Gasteiger partial charge on any atom is -0.472 e. The van der Waals surface area contributed by atoms with Gasteiger partial charge in [0.1, 0.15) is 6.23 Å². The Hall–Kier alpha value is -1.67. The normalized spacial score (nSPS) is 19.7. The van der Waals surface area contributed by atoms with E-state index in [1.54, 1.807) is 11.0 Å².